The van der Waals surface area contributed by atoms with E-state index in [-0.39, 0.29) is 11.5 Å². The van der Waals surface area contributed by atoms with Crippen molar-refractivity contribution < 1.29 is 4.79 Å². The third-order valence-corrected chi connectivity index (χ3v) is 3.76. The van der Waals surface area contributed by atoms with Crippen LogP contribution in [-0.2, 0) is 11.3 Å². The first-order valence-electron chi connectivity index (χ1n) is 6.70. The molecule has 1 aromatic rings. The molecular weight excluding hydrogens is 324 g/mol. The van der Waals surface area contributed by atoms with Crippen LogP contribution in [0.15, 0.2) is 15.5 Å². The standard InChI is InChI=1S/C13H21BrN4O2/c1-4-5-6-18-13(20)10(14)9(7-16-18)17-11(8(2)3)12(15)19/h7-8,11,17H,4-6H2,1-3H3,(H2,15,19). The van der Waals surface area contributed by atoms with E-state index in [1.165, 1.54) is 4.68 Å². The van der Waals surface area contributed by atoms with Crippen molar-refractivity contribution in [2.75, 3.05) is 5.32 Å². The van der Waals surface area contributed by atoms with E-state index in [2.05, 4.69) is 33.3 Å². The zero-order chi connectivity index (χ0) is 15.3. The van der Waals surface area contributed by atoms with Crippen molar-refractivity contribution in [1.29, 1.82) is 0 Å². The Morgan fingerprint density at radius 3 is 2.70 bits per heavy atom. The summed E-state index contributed by atoms with van der Waals surface area (Å²) in [5.74, 6) is -0.441. The van der Waals surface area contributed by atoms with Gasteiger partial charge in [-0.05, 0) is 28.3 Å². The fourth-order valence-corrected chi connectivity index (χ4v) is 2.19. The Morgan fingerprint density at radius 2 is 2.20 bits per heavy atom. The van der Waals surface area contributed by atoms with E-state index in [0.717, 1.165) is 12.8 Å². The molecule has 112 valence electrons. The number of nitrogens with two attached hydrogens (primary N) is 1. The lowest BCUT2D eigenvalue weighted by atomic mass is 10.0. The Hall–Kier alpha value is -1.37. The van der Waals surface area contributed by atoms with Crippen LogP contribution in [0, 0.1) is 5.92 Å². The predicted octanol–water partition coefficient (Wildman–Crippen LogP) is 1.73. The first-order valence-corrected chi connectivity index (χ1v) is 7.49. The van der Waals surface area contributed by atoms with Crippen molar-refractivity contribution in [3.05, 3.63) is 21.0 Å². The molecule has 0 aromatic carbocycles. The van der Waals surface area contributed by atoms with Gasteiger partial charge < -0.3 is 11.1 Å². The highest BCUT2D eigenvalue weighted by Gasteiger charge is 2.21. The molecular formula is C13H21BrN4O2. The zero-order valence-electron chi connectivity index (χ0n) is 12.0. The number of hydrogen-bond acceptors (Lipinski definition) is 4. The summed E-state index contributed by atoms with van der Waals surface area (Å²) in [5.41, 5.74) is 5.62. The van der Waals surface area contributed by atoms with Gasteiger partial charge in [0, 0.05) is 6.54 Å². The number of carbonyl (C=O) groups is 1. The molecule has 7 heteroatoms. The molecule has 0 aliphatic rings. The van der Waals surface area contributed by atoms with Gasteiger partial charge in [0.05, 0.1) is 11.9 Å². The molecule has 1 rings (SSSR count). The quantitative estimate of drug-likeness (QED) is 0.787. The van der Waals surface area contributed by atoms with Crippen LogP contribution in [0.1, 0.15) is 33.6 Å². The average molecular weight is 345 g/mol. The van der Waals surface area contributed by atoms with Crippen molar-refractivity contribution in [3.63, 3.8) is 0 Å². The van der Waals surface area contributed by atoms with Crippen molar-refractivity contribution in [1.82, 2.24) is 9.78 Å². The minimum Gasteiger partial charge on any atom is -0.371 e. The average Bonchev–Trinajstić information content (AvgIpc) is 2.38. The molecule has 0 fully saturated rings. The van der Waals surface area contributed by atoms with E-state index in [1.807, 2.05) is 13.8 Å². The normalized spacial score (nSPS) is 12.4. The largest absolute Gasteiger partial charge is 0.371 e. The summed E-state index contributed by atoms with van der Waals surface area (Å²) in [6, 6.07) is -0.543. The summed E-state index contributed by atoms with van der Waals surface area (Å²) in [6.07, 6.45) is 3.42. The molecule has 1 heterocycles. The molecule has 0 bridgehead atoms. The topological polar surface area (TPSA) is 90.0 Å². The lowest BCUT2D eigenvalue weighted by Gasteiger charge is -2.20. The number of aromatic nitrogens is 2. The van der Waals surface area contributed by atoms with Gasteiger partial charge in [0.1, 0.15) is 10.5 Å². The van der Waals surface area contributed by atoms with Gasteiger partial charge in [0.25, 0.3) is 5.56 Å². The Kier molecular flexibility index (Phi) is 6.19. The summed E-state index contributed by atoms with van der Waals surface area (Å²) in [5, 5.41) is 7.08. The predicted molar refractivity (Wildman–Crippen MR) is 82.5 cm³/mol. The molecule has 3 N–H and O–H groups in total. The number of halogens is 1. The molecule has 0 saturated carbocycles. The van der Waals surface area contributed by atoms with Crippen molar-refractivity contribution in [2.24, 2.45) is 11.7 Å². The minimum atomic E-state index is -0.543. The Balaban J connectivity index is 3.00. The number of nitrogens with one attached hydrogen (secondary N) is 1. The van der Waals surface area contributed by atoms with E-state index in [1.54, 1.807) is 6.20 Å². The Labute approximate surface area is 126 Å². The van der Waals surface area contributed by atoms with E-state index in [9.17, 15) is 9.59 Å². The number of anilines is 1. The van der Waals surface area contributed by atoms with Gasteiger partial charge in [-0.2, -0.15) is 5.10 Å². The molecule has 1 atom stereocenters. The van der Waals surface area contributed by atoms with Gasteiger partial charge in [-0.25, -0.2) is 4.68 Å². The van der Waals surface area contributed by atoms with Crippen LogP contribution >= 0.6 is 15.9 Å². The number of aryl methyl sites for hydroxylation is 1. The molecule has 20 heavy (non-hydrogen) atoms. The Bertz CT molecular complexity index is 528. The number of unbranched alkanes of at least 4 members (excludes halogenated alkanes) is 1. The number of rotatable bonds is 7. The summed E-state index contributed by atoms with van der Waals surface area (Å²) < 4.78 is 1.78. The van der Waals surface area contributed by atoms with Crippen LogP contribution in [-0.4, -0.2) is 21.7 Å². The maximum absolute atomic E-state index is 12.1. The molecule has 1 unspecified atom stereocenters. The highest BCUT2D eigenvalue weighted by molar-refractivity contribution is 9.10. The second kappa shape index (κ2) is 7.42. The van der Waals surface area contributed by atoms with Gasteiger partial charge in [-0.1, -0.05) is 27.2 Å². The third-order valence-electron chi connectivity index (χ3n) is 2.99. The van der Waals surface area contributed by atoms with Gasteiger partial charge in [0.15, 0.2) is 0 Å². The monoisotopic (exact) mass is 344 g/mol. The Morgan fingerprint density at radius 1 is 1.55 bits per heavy atom. The van der Waals surface area contributed by atoms with Crippen LogP contribution in [0.4, 0.5) is 5.69 Å². The van der Waals surface area contributed by atoms with Crippen LogP contribution in [0.3, 0.4) is 0 Å². The number of carbonyl (C=O) groups excluding carboxylic acids is 1. The van der Waals surface area contributed by atoms with Crippen LogP contribution < -0.4 is 16.6 Å². The molecule has 6 nitrogen and oxygen atoms in total. The van der Waals surface area contributed by atoms with Crippen LogP contribution in [0.5, 0.6) is 0 Å². The summed E-state index contributed by atoms with van der Waals surface area (Å²) in [7, 11) is 0. The van der Waals surface area contributed by atoms with E-state index >= 15 is 0 Å². The van der Waals surface area contributed by atoms with E-state index in [0.29, 0.717) is 16.7 Å². The van der Waals surface area contributed by atoms with Crippen LogP contribution in [0.25, 0.3) is 0 Å². The first-order chi connectivity index (χ1) is 9.38. The number of amides is 1. The van der Waals surface area contributed by atoms with Crippen molar-refractivity contribution in [2.45, 2.75) is 46.2 Å². The number of nitrogens with zero attached hydrogens (tertiary/aromatic N) is 2. The van der Waals surface area contributed by atoms with Gasteiger partial charge in [0.2, 0.25) is 5.91 Å². The van der Waals surface area contributed by atoms with Crippen molar-refractivity contribution in [3.8, 4) is 0 Å². The van der Waals surface area contributed by atoms with E-state index < -0.39 is 11.9 Å². The third kappa shape index (κ3) is 4.06. The second-order valence-corrected chi connectivity index (χ2v) is 5.82. The molecule has 0 saturated heterocycles. The molecule has 0 radical (unpaired) electrons. The van der Waals surface area contributed by atoms with Gasteiger partial charge >= 0.3 is 0 Å². The molecule has 0 aliphatic heterocycles. The van der Waals surface area contributed by atoms with Gasteiger partial charge in [-0.3, -0.25) is 9.59 Å². The molecule has 0 spiro atoms. The summed E-state index contributed by atoms with van der Waals surface area (Å²) in [6.45, 7) is 6.40. The molecule has 1 amide bonds. The van der Waals surface area contributed by atoms with E-state index in [4.69, 9.17) is 5.73 Å². The lowest BCUT2D eigenvalue weighted by Crippen LogP contribution is -2.40. The van der Waals surface area contributed by atoms with Gasteiger partial charge in [-0.15, -0.1) is 0 Å². The fraction of sp³-hybridized carbons (Fsp3) is 0.615. The number of primary amides is 1. The summed E-state index contributed by atoms with van der Waals surface area (Å²) >= 11 is 3.26. The SMILES string of the molecule is CCCCn1ncc(NC(C(N)=O)C(C)C)c(Br)c1=O. The summed E-state index contributed by atoms with van der Waals surface area (Å²) in [4.78, 5) is 23.5. The first kappa shape index (κ1) is 16.7. The maximum atomic E-state index is 12.1. The molecule has 1 aromatic heterocycles. The maximum Gasteiger partial charge on any atom is 0.283 e. The second-order valence-electron chi connectivity index (χ2n) is 5.02. The highest BCUT2D eigenvalue weighted by Crippen LogP contribution is 2.19. The molecule has 0 aliphatic carbocycles. The fourth-order valence-electron chi connectivity index (χ4n) is 1.77. The van der Waals surface area contributed by atoms with Crippen LogP contribution in [0.2, 0.25) is 0 Å². The number of hydrogen-bond donors (Lipinski definition) is 2. The smallest absolute Gasteiger partial charge is 0.283 e. The minimum absolute atomic E-state index is 0.0157. The zero-order valence-corrected chi connectivity index (χ0v) is 13.6. The van der Waals surface area contributed by atoms with Crippen molar-refractivity contribution >= 4 is 27.5 Å². The lowest BCUT2D eigenvalue weighted by molar-refractivity contribution is -0.119. The highest BCUT2D eigenvalue weighted by atomic mass is 79.9.